The molecule has 1 aliphatic rings. The van der Waals surface area contributed by atoms with Crippen molar-refractivity contribution >= 4 is 11.6 Å². The van der Waals surface area contributed by atoms with E-state index in [0.29, 0.717) is 25.4 Å². The Kier molecular flexibility index (Phi) is 4.22. The minimum absolute atomic E-state index is 0.0651. The van der Waals surface area contributed by atoms with Crippen LogP contribution in [0.25, 0.3) is 0 Å². The molecular formula is C15H23N3O. The molecule has 0 bridgehead atoms. The molecule has 1 aliphatic heterocycles. The third-order valence-electron chi connectivity index (χ3n) is 3.86. The summed E-state index contributed by atoms with van der Waals surface area (Å²) in [6.45, 7) is 5.23. The zero-order valence-corrected chi connectivity index (χ0v) is 11.7. The number of nitrogens with two attached hydrogens (primary N) is 2. The molecule has 19 heavy (non-hydrogen) atoms. The van der Waals surface area contributed by atoms with Crippen LogP contribution in [0.15, 0.2) is 18.2 Å². The van der Waals surface area contributed by atoms with Crippen LogP contribution < -0.4 is 16.4 Å². The van der Waals surface area contributed by atoms with Crippen LogP contribution in [0.5, 0.6) is 0 Å². The number of benzene rings is 1. The van der Waals surface area contributed by atoms with Gasteiger partial charge in [0.2, 0.25) is 5.91 Å². The van der Waals surface area contributed by atoms with Gasteiger partial charge in [-0.3, -0.25) is 4.79 Å². The fourth-order valence-corrected chi connectivity index (χ4v) is 2.74. The Bertz CT molecular complexity index is 470. The number of amides is 1. The SMILES string of the molecule is CC(C)C(CN)N1C(=O)CCc2cc(CN)ccc21. The van der Waals surface area contributed by atoms with Gasteiger partial charge in [-0.15, -0.1) is 0 Å². The van der Waals surface area contributed by atoms with Crippen LogP contribution in [0, 0.1) is 5.92 Å². The predicted octanol–water partition coefficient (Wildman–Crippen LogP) is 1.41. The van der Waals surface area contributed by atoms with Gasteiger partial charge in [0.1, 0.15) is 0 Å². The average Bonchev–Trinajstić information content (AvgIpc) is 2.41. The summed E-state index contributed by atoms with van der Waals surface area (Å²) in [5, 5.41) is 0. The number of hydrogen-bond donors (Lipinski definition) is 2. The molecule has 0 aromatic heterocycles. The summed E-state index contributed by atoms with van der Waals surface area (Å²) in [7, 11) is 0. The molecule has 0 spiro atoms. The Labute approximate surface area is 114 Å². The third kappa shape index (κ3) is 2.65. The van der Waals surface area contributed by atoms with Gasteiger partial charge >= 0.3 is 0 Å². The molecule has 0 fully saturated rings. The van der Waals surface area contributed by atoms with Gasteiger partial charge in [-0.25, -0.2) is 0 Å². The maximum absolute atomic E-state index is 12.3. The summed E-state index contributed by atoms with van der Waals surface area (Å²) in [5.74, 6) is 0.520. The van der Waals surface area contributed by atoms with Gasteiger partial charge in [-0.1, -0.05) is 26.0 Å². The lowest BCUT2D eigenvalue weighted by molar-refractivity contribution is -0.119. The van der Waals surface area contributed by atoms with Crippen molar-refractivity contribution in [1.29, 1.82) is 0 Å². The van der Waals surface area contributed by atoms with Crippen LogP contribution in [0.2, 0.25) is 0 Å². The minimum Gasteiger partial charge on any atom is -0.328 e. The number of aryl methyl sites for hydroxylation is 1. The van der Waals surface area contributed by atoms with E-state index < -0.39 is 0 Å². The highest BCUT2D eigenvalue weighted by Gasteiger charge is 2.31. The molecule has 104 valence electrons. The molecule has 4 heteroatoms. The molecule has 0 radical (unpaired) electrons. The van der Waals surface area contributed by atoms with E-state index >= 15 is 0 Å². The smallest absolute Gasteiger partial charge is 0.227 e. The maximum atomic E-state index is 12.3. The third-order valence-corrected chi connectivity index (χ3v) is 3.86. The molecule has 1 atom stereocenters. The lowest BCUT2D eigenvalue weighted by Crippen LogP contribution is -2.49. The first-order chi connectivity index (χ1) is 9.08. The average molecular weight is 261 g/mol. The molecule has 4 N–H and O–H groups in total. The van der Waals surface area contributed by atoms with E-state index in [4.69, 9.17) is 11.5 Å². The molecule has 2 rings (SSSR count). The van der Waals surface area contributed by atoms with E-state index in [9.17, 15) is 4.79 Å². The maximum Gasteiger partial charge on any atom is 0.227 e. The topological polar surface area (TPSA) is 72.3 Å². The Hall–Kier alpha value is -1.39. The van der Waals surface area contributed by atoms with Crippen molar-refractivity contribution in [1.82, 2.24) is 0 Å². The first-order valence-corrected chi connectivity index (χ1v) is 6.92. The fourth-order valence-electron chi connectivity index (χ4n) is 2.74. The molecular weight excluding hydrogens is 238 g/mol. The monoisotopic (exact) mass is 261 g/mol. The number of rotatable bonds is 4. The Morgan fingerprint density at radius 2 is 2.00 bits per heavy atom. The highest BCUT2D eigenvalue weighted by atomic mass is 16.2. The fraction of sp³-hybridized carbons (Fsp3) is 0.533. The molecule has 1 unspecified atom stereocenters. The molecule has 1 amide bonds. The normalized spacial score (nSPS) is 16.7. The largest absolute Gasteiger partial charge is 0.328 e. The van der Waals surface area contributed by atoms with Gasteiger partial charge in [0.15, 0.2) is 0 Å². The van der Waals surface area contributed by atoms with E-state index in [1.165, 1.54) is 5.56 Å². The number of carbonyl (C=O) groups is 1. The first kappa shape index (κ1) is 14.0. The predicted molar refractivity (Wildman–Crippen MR) is 77.8 cm³/mol. The number of nitrogens with zero attached hydrogens (tertiary/aromatic N) is 1. The Balaban J connectivity index is 2.43. The van der Waals surface area contributed by atoms with Crippen molar-refractivity contribution in [3.63, 3.8) is 0 Å². The Morgan fingerprint density at radius 1 is 1.26 bits per heavy atom. The van der Waals surface area contributed by atoms with Gasteiger partial charge in [-0.2, -0.15) is 0 Å². The van der Waals surface area contributed by atoms with Gasteiger partial charge in [0, 0.05) is 25.2 Å². The second-order valence-corrected chi connectivity index (χ2v) is 5.48. The van der Waals surface area contributed by atoms with E-state index in [1.807, 2.05) is 17.0 Å². The standard InChI is InChI=1S/C15H23N3O/c1-10(2)14(9-17)18-13-5-3-11(8-16)7-12(13)4-6-15(18)19/h3,5,7,10,14H,4,6,8-9,16-17H2,1-2H3. The summed E-state index contributed by atoms with van der Waals surface area (Å²) in [4.78, 5) is 14.2. The molecule has 0 aliphatic carbocycles. The van der Waals surface area contributed by atoms with E-state index in [1.54, 1.807) is 0 Å². The van der Waals surface area contributed by atoms with Gasteiger partial charge in [0.05, 0.1) is 6.04 Å². The van der Waals surface area contributed by atoms with Crippen molar-refractivity contribution in [3.05, 3.63) is 29.3 Å². The number of hydrogen-bond acceptors (Lipinski definition) is 3. The summed E-state index contributed by atoms with van der Waals surface area (Å²) in [6.07, 6.45) is 1.36. The van der Waals surface area contributed by atoms with Crippen molar-refractivity contribution < 1.29 is 4.79 Å². The molecule has 1 aromatic rings. The van der Waals surface area contributed by atoms with E-state index in [2.05, 4.69) is 19.9 Å². The summed E-state index contributed by atoms with van der Waals surface area (Å²) < 4.78 is 0. The molecule has 4 nitrogen and oxygen atoms in total. The lowest BCUT2D eigenvalue weighted by Gasteiger charge is -2.38. The number of anilines is 1. The first-order valence-electron chi connectivity index (χ1n) is 6.92. The highest BCUT2D eigenvalue weighted by molar-refractivity contribution is 5.97. The van der Waals surface area contributed by atoms with Crippen LogP contribution in [0.1, 0.15) is 31.4 Å². The zero-order chi connectivity index (χ0) is 14.0. The minimum atomic E-state index is 0.0651. The van der Waals surface area contributed by atoms with Crippen LogP contribution in [-0.4, -0.2) is 18.5 Å². The number of fused-ring (bicyclic) bond motifs is 1. The second kappa shape index (κ2) is 5.72. The second-order valence-electron chi connectivity index (χ2n) is 5.48. The van der Waals surface area contributed by atoms with Crippen LogP contribution in [-0.2, 0) is 17.8 Å². The van der Waals surface area contributed by atoms with Crippen LogP contribution in [0.3, 0.4) is 0 Å². The molecule has 0 saturated carbocycles. The zero-order valence-electron chi connectivity index (χ0n) is 11.7. The van der Waals surface area contributed by atoms with E-state index in [-0.39, 0.29) is 11.9 Å². The highest BCUT2D eigenvalue weighted by Crippen LogP contribution is 2.31. The van der Waals surface area contributed by atoms with Gasteiger partial charge in [0.25, 0.3) is 0 Å². The quantitative estimate of drug-likeness (QED) is 0.860. The van der Waals surface area contributed by atoms with Crippen molar-refractivity contribution in [2.45, 2.75) is 39.3 Å². The number of carbonyl (C=O) groups excluding carboxylic acids is 1. The molecule has 1 aromatic carbocycles. The molecule has 0 saturated heterocycles. The lowest BCUT2D eigenvalue weighted by atomic mass is 9.94. The summed E-state index contributed by atoms with van der Waals surface area (Å²) in [6, 6.07) is 6.19. The van der Waals surface area contributed by atoms with E-state index in [0.717, 1.165) is 17.7 Å². The van der Waals surface area contributed by atoms with Crippen LogP contribution in [0.4, 0.5) is 5.69 Å². The molecule has 1 heterocycles. The van der Waals surface area contributed by atoms with Crippen molar-refractivity contribution in [2.75, 3.05) is 11.4 Å². The van der Waals surface area contributed by atoms with Gasteiger partial charge < -0.3 is 16.4 Å². The van der Waals surface area contributed by atoms with Crippen molar-refractivity contribution in [3.8, 4) is 0 Å². The summed E-state index contributed by atoms with van der Waals surface area (Å²) in [5.41, 5.74) is 14.9. The summed E-state index contributed by atoms with van der Waals surface area (Å²) >= 11 is 0. The van der Waals surface area contributed by atoms with Gasteiger partial charge in [-0.05, 0) is 29.5 Å². The van der Waals surface area contributed by atoms with Crippen LogP contribution >= 0.6 is 0 Å². The van der Waals surface area contributed by atoms with Crippen molar-refractivity contribution in [2.24, 2.45) is 17.4 Å². The Morgan fingerprint density at radius 3 is 2.58 bits per heavy atom.